The molecule has 1 fully saturated rings. The molecule has 0 radical (unpaired) electrons. The van der Waals surface area contributed by atoms with Crippen LogP contribution in [0.15, 0.2) is 24.5 Å². The molecule has 98 valence electrons. The second-order valence-corrected chi connectivity index (χ2v) is 4.53. The quantitative estimate of drug-likeness (QED) is 0.855. The number of carbonyl (C=O) groups excluding carboxylic acids is 1. The third kappa shape index (κ3) is 2.98. The number of hydrogen-bond donors (Lipinski definition) is 1. The summed E-state index contributed by atoms with van der Waals surface area (Å²) in [6.45, 7) is 6.24. The van der Waals surface area contributed by atoms with Crippen molar-refractivity contribution in [2.45, 2.75) is 26.0 Å². The van der Waals surface area contributed by atoms with Crippen molar-refractivity contribution in [1.29, 1.82) is 0 Å². The van der Waals surface area contributed by atoms with E-state index in [1.165, 1.54) is 0 Å². The molecule has 1 aliphatic heterocycles. The molecule has 2 heterocycles. The van der Waals surface area contributed by atoms with Gasteiger partial charge in [-0.15, -0.1) is 0 Å². The molecule has 1 amide bonds. The monoisotopic (exact) mass is 249 g/mol. The van der Waals surface area contributed by atoms with Gasteiger partial charge in [0.1, 0.15) is 5.75 Å². The fourth-order valence-electron chi connectivity index (χ4n) is 2.07. The Morgan fingerprint density at radius 3 is 3.17 bits per heavy atom. The fourth-order valence-corrected chi connectivity index (χ4v) is 2.07. The van der Waals surface area contributed by atoms with Gasteiger partial charge in [-0.2, -0.15) is 0 Å². The van der Waals surface area contributed by atoms with Crippen LogP contribution in [0.25, 0.3) is 0 Å². The number of aromatic nitrogens is 1. The highest BCUT2D eigenvalue weighted by molar-refractivity contribution is 5.81. The van der Waals surface area contributed by atoms with Crippen LogP contribution in [0.3, 0.4) is 0 Å². The van der Waals surface area contributed by atoms with Crippen molar-refractivity contribution in [3.8, 4) is 5.75 Å². The van der Waals surface area contributed by atoms with E-state index in [0.717, 1.165) is 19.6 Å². The molecule has 0 aromatic carbocycles. The van der Waals surface area contributed by atoms with Gasteiger partial charge < -0.3 is 15.0 Å². The number of nitrogens with one attached hydrogen (secondary N) is 1. The van der Waals surface area contributed by atoms with Crippen molar-refractivity contribution in [3.63, 3.8) is 0 Å². The van der Waals surface area contributed by atoms with Gasteiger partial charge in [-0.05, 0) is 26.0 Å². The van der Waals surface area contributed by atoms with Crippen molar-refractivity contribution in [3.05, 3.63) is 24.5 Å². The van der Waals surface area contributed by atoms with Gasteiger partial charge in [0.25, 0.3) is 5.91 Å². The summed E-state index contributed by atoms with van der Waals surface area (Å²) in [5, 5.41) is 3.26. The van der Waals surface area contributed by atoms with Crippen molar-refractivity contribution in [1.82, 2.24) is 15.2 Å². The van der Waals surface area contributed by atoms with E-state index in [2.05, 4.69) is 10.3 Å². The molecule has 1 aromatic heterocycles. The Bertz CT molecular complexity index is 396. The molecule has 0 saturated carbocycles. The Morgan fingerprint density at radius 1 is 1.67 bits per heavy atom. The molecular weight excluding hydrogens is 230 g/mol. The van der Waals surface area contributed by atoms with E-state index >= 15 is 0 Å². The summed E-state index contributed by atoms with van der Waals surface area (Å²) in [4.78, 5) is 18.1. The number of hydrogen-bond acceptors (Lipinski definition) is 4. The highest BCUT2D eigenvalue weighted by Crippen LogP contribution is 2.12. The van der Waals surface area contributed by atoms with Crippen LogP contribution in [0, 0.1) is 0 Å². The Labute approximate surface area is 107 Å². The number of carbonyl (C=O) groups is 1. The summed E-state index contributed by atoms with van der Waals surface area (Å²) in [5.74, 6) is 0.661. The Hall–Kier alpha value is -1.62. The van der Waals surface area contributed by atoms with Crippen molar-refractivity contribution in [2.24, 2.45) is 0 Å². The standard InChI is InChI=1S/C13H19N3O2/c1-10-8-15-6-7-16(10)13(17)11(2)18-12-4-3-5-14-9-12/h3-5,9-11,15H,6-8H2,1-2H3/t10-,11+/m1/s1. The topological polar surface area (TPSA) is 54.5 Å². The number of nitrogens with zero attached hydrogens (tertiary/aromatic N) is 2. The maximum absolute atomic E-state index is 12.3. The minimum absolute atomic E-state index is 0.0350. The van der Waals surface area contributed by atoms with Gasteiger partial charge in [-0.3, -0.25) is 9.78 Å². The largest absolute Gasteiger partial charge is 0.479 e. The first-order valence-corrected chi connectivity index (χ1v) is 6.26. The summed E-state index contributed by atoms with van der Waals surface area (Å²) in [5.41, 5.74) is 0. The van der Waals surface area contributed by atoms with Crippen LogP contribution in [0.4, 0.5) is 0 Å². The van der Waals surface area contributed by atoms with E-state index < -0.39 is 6.10 Å². The molecule has 5 heteroatoms. The molecule has 0 unspecified atom stereocenters. The van der Waals surface area contributed by atoms with Crippen molar-refractivity contribution in [2.75, 3.05) is 19.6 Å². The minimum Gasteiger partial charge on any atom is -0.479 e. The van der Waals surface area contributed by atoms with Crippen LogP contribution in [0.2, 0.25) is 0 Å². The maximum atomic E-state index is 12.3. The lowest BCUT2D eigenvalue weighted by Gasteiger charge is -2.35. The lowest BCUT2D eigenvalue weighted by molar-refractivity contribution is -0.140. The smallest absolute Gasteiger partial charge is 0.263 e. The van der Waals surface area contributed by atoms with Gasteiger partial charge in [0.15, 0.2) is 6.10 Å². The van der Waals surface area contributed by atoms with Crippen LogP contribution < -0.4 is 10.1 Å². The van der Waals surface area contributed by atoms with Gasteiger partial charge in [0.05, 0.1) is 6.20 Å². The highest BCUT2D eigenvalue weighted by atomic mass is 16.5. The van der Waals surface area contributed by atoms with E-state index in [0.29, 0.717) is 5.75 Å². The van der Waals surface area contributed by atoms with Gasteiger partial charge in [-0.25, -0.2) is 0 Å². The maximum Gasteiger partial charge on any atom is 0.263 e. The molecule has 1 N–H and O–H groups in total. The van der Waals surface area contributed by atoms with Crippen LogP contribution >= 0.6 is 0 Å². The number of amides is 1. The predicted octanol–water partition coefficient (Wildman–Crippen LogP) is 0.669. The zero-order valence-electron chi connectivity index (χ0n) is 10.8. The summed E-state index contributed by atoms with van der Waals surface area (Å²) >= 11 is 0. The third-order valence-corrected chi connectivity index (χ3v) is 3.08. The van der Waals surface area contributed by atoms with Crippen LogP contribution in [-0.4, -0.2) is 47.6 Å². The van der Waals surface area contributed by atoms with Gasteiger partial charge in [0.2, 0.25) is 0 Å². The summed E-state index contributed by atoms with van der Waals surface area (Å²) in [6, 6.07) is 3.81. The van der Waals surface area contributed by atoms with Gasteiger partial charge in [-0.1, -0.05) is 0 Å². The van der Waals surface area contributed by atoms with Gasteiger partial charge >= 0.3 is 0 Å². The molecule has 5 nitrogen and oxygen atoms in total. The summed E-state index contributed by atoms with van der Waals surface area (Å²) < 4.78 is 5.60. The lowest BCUT2D eigenvalue weighted by atomic mass is 10.2. The van der Waals surface area contributed by atoms with Crippen molar-refractivity contribution >= 4 is 5.91 Å². The molecule has 1 aromatic rings. The highest BCUT2D eigenvalue weighted by Gasteiger charge is 2.27. The first kappa shape index (κ1) is 12.8. The van der Waals surface area contributed by atoms with Crippen LogP contribution in [0.1, 0.15) is 13.8 Å². The van der Waals surface area contributed by atoms with Crippen LogP contribution in [0.5, 0.6) is 5.75 Å². The van der Waals surface area contributed by atoms with Gasteiger partial charge in [0, 0.05) is 31.9 Å². The van der Waals surface area contributed by atoms with Crippen molar-refractivity contribution < 1.29 is 9.53 Å². The molecule has 1 saturated heterocycles. The first-order chi connectivity index (χ1) is 8.68. The molecule has 0 spiro atoms. The number of ether oxygens (including phenoxy) is 1. The molecule has 0 aliphatic carbocycles. The zero-order chi connectivity index (χ0) is 13.0. The molecule has 18 heavy (non-hydrogen) atoms. The second kappa shape index (κ2) is 5.82. The lowest BCUT2D eigenvalue weighted by Crippen LogP contribution is -2.55. The summed E-state index contributed by atoms with van der Waals surface area (Å²) in [7, 11) is 0. The zero-order valence-corrected chi connectivity index (χ0v) is 10.8. The Kier molecular flexibility index (Phi) is 4.15. The average molecular weight is 249 g/mol. The molecular formula is C13H19N3O2. The fraction of sp³-hybridized carbons (Fsp3) is 0.538. The molecule has 2 rings (SSSR count). The van der Waals surface area contributed by atoms with E-state index in [9.17, 15) is 4.79 Å². The summed E-state index contributed by atoms with van der Waals surface area (Å²) in [6.07, 6.45) is 2.82. The van der Waals surface area contributed by atoms with E-state index in [-0.39, 0.29) is 11.9 Å². The predicted molar refractivity (Wildman–Crippen MR) is 68.4 cm³/mol. The first-order valence-electron chi connectivity index (χ1n) is 6.26. The van der Waals surface area contributed by atoms with E-state index in [1.54, 1.807) is 31.5 Å². The molecule has 0 bridgehead atoms. The third-order valence-electron chi connectivity index (χ3n) is 3.08. The number of pyridine rings is 1. The Balaban J connectivity index is 1.96. The minimum atomic E-state index is -0.477. The number of rotatable bonds is 3. The van der Waals surface area contributed by atoms with Crippen LogP contribution in [-0.2, 0) is 4.79 Å². The Morgan fingerprint density at radius 2 is 2.50 bits per heavy atom. The second-order valence-electron chi connectivity index (χ2n) is 4.53. The molecule has 2 atom stereocenters. The SMILES string of the molecule is C[C@H](Oc1cccnc1)C(=O)N1CCNC[C@H]1C. The van der Waals surface area contributed by atoms with E-state index in [1.807, 2.05) is 11.8 Å². The van der Waals surface area contributed by atoms with E-state index in [4.69, 9.17) is 4.74 Å². The number of piperazine rings is 1. The normalized spacial score (nSPS) is 21.4. The molecule has 1 aliphatic rings. The average Bonchev–Trinajstić information content (AvgIpc) is 2.39.